The van der Waals surface area contributed by atoms with Crippen molar-refractivity contribution in [3.63, 3.8) is 0 Å². The summed E-state index contributed by atoms with van der Waals surface area (Å²) >= 11 is 2.50. The van der Waals surface area contributed by atoms with E-state index in [2.05, 4.69) is 15.5 Å². The lowest BCUT2D eigenvalue weighted by atomic mass is 10.0. The largest absolute Gasteiger partial charge is 0.543 e. The Bertz CT molecular complexity index is 1150. The van der Waals surface area contributed by atoms with Crippen LogP contribution in [0.3, 0.4) is 0 Å². The molecule has 172 valence electrons. The molecule has 3 N–H and O–H groups in total. The van der Waals surface area contributed by atoms with Crippen molar-refractivity contribution in [1.82, 2.24) is 15.2 Å². The summed E-state index contributed by atoms with van der Waals surface area (Å²) in [5, 5.41) is 19.6. The third-order valence-electron chi connectivity index (χ3n) is 4.94. The van der Waals surface area contributed by atoms with E-state index in [9.17, 15) is 19.5 Å². The van der Waals surface area contributed by atoms with E-state index in [4.69, 9.17) is 10.6 Å². The molecule has 13 heteroatoms. The van der Waals surface area contributed by atoms with Crippen LogP contribution in [0.5, 0.6) is 0 Å². The van der Waals surface area contributed by atoms with Crippen LogP contribution in [-0.2, 0) is 25.8 Å². The van der Waals surface area contributed by atoms with Gasteiger partial charge < -0.3 is 25.8 Å². The molecular weight excluding hydrogens is 468 g/mol. The topological polar surface area (TPSA) is 154 Å². The SMILES string of the molecule is CCO/N=C(\C(=O)NC1C(=O)N2C(C(=O)[O-])=C(C[n+]3ccccc3)CS[C@H]12)c1csc(N)n1. The minimum absolute atomic E-state index is 0.117. The molecule has 2 aliphatic heterocycles. The average molecular weight is 489 g/mol. The molecule has 1 fully saturated rings. The molecule has 2 amide bonds. The molecule has 0 aromatic carbocycles. The van der Waals surface area contributed by atoms with Crippen molar-refractivity contribution in [1.29, 1.82) is 0 Å². The van der Waals surface area contributed by atoms with Gasteiger partial charge >= 0.3 is 0 Å². The van der Waals surface area contributed by atoms with Gasteiger partial charge in [-0.2, -0.15) is 0 Å². The number of β-lactam (4-membered cyclic amide) rings is 1. The standard InChI is InChI=1S/C20H20N6O5S2/c1-2-31-24-13(12-10-33-20(21)22-12)16(27)23-14-17(28)26-15(19(29)30)11(9-32-18(14)26)8-25-6-4-3-5-7-25/h3-7,10,14,18H,2,8-9H2,1H3,(H3-,21,22,23,27,29,30)/b24-13-/t14?,18-/m1/s1. The van der Waals surface area contributed by atoms with Crippen LogP contribution in [0.15, 0.2) is 52.4 Å². The van der Waals surface area contributed by atoms with Crippen LogP contribution in [0.1, 0.15) is 12.6 Å². The van der Waals surface area contributed by atoms with Gasteiger partial charge in [0.15, 0.2) is 29.8 Å². The maximum Gasteiger partial charge on any atom is 0.276 e. The van der Waals surface area contributed by atoms with E-state index in [1.165, 1.54) is 16.7 Å². The summed E-state index contributed by atoms with van der Waals surface area (Å²) in [4.78, 5) is 47.9. The van der Waals surface area contributed by atoms with Crippen molar-refractivity contribution in [3.8, 4) is 0 Å². The zero-order valence-corrected chi connectivity index (χ0v) is 19.1. The number of carbonyl (C=O) groups is 3. The quantitative estimate of drug-likeness (QED) is 0.205. The first kappa shape index (κ1) is 22.7. The molecule has 0 saturated carbocycles. The molecule has 4 rings (SSSR count). The van der Waals surface area contributed by atoms with E-state index in [1.807, 2.05) is 35.2 Å². The fourth-order valence-corrected chi connectivity index (χ4v) is 5.38. The molecule has 1 saturated heterocycles. The lowest BCUT2D eigenvalue weighted by molar-refractivity contribution is -0.689. The molecule has 0 bridgehead atoms. The number of fused-ring (bicyclic) bond motifs is 1. The van der Waals surface area contributed by atoms with Gasteiger partial charge in [0, 0.05) is 28.8 Å². The van der Waals surface area contributed by atoms with Gasteiger partial charge in [-0.25, -0.2) is 9.55 Å². The second kappa shape index (κ2) is 9.58. The second-order valence-corrected chi connectivity index (χ2v) is 9.07. The molecule has 2 aromatic rings. The van der Waals surface area contributed by atoms with Gasteiger partial charge in [-0.1, -0.05) is 11.2 Å². The highest BCUT2D eigenvalue weighted by Crippen LogP contribution is 2.40. The Morgan fingerprint density at radius 2 is 2.15 bits per heavy atom. The third kappa shape index (κ3) is 4.54. The number of nitrogens with zero attached hydrogens (tertiary/aromatic N) is 4. The number of carbonyl (C=O) groups excluding carboxylic acids is 3. The van der Waals surface area contributed by atoms with Gasteiger partial charge in [-0.05, 0) is 6.92 Å². The van der Waals surface area contributed by atoms with E-state index >= 15 is 0 Å². The molecule has 0 aliphatic carbocycles. The number of aliphatic carboxylic acids is 1. The molecule has 1 unspecified atom stereocenters. The number of nitrogen functional groups attached to an aromatic ring is 1. The number of carboxylic acid groups (broad SMARTS) is 1. The fraction of sp³-hybridized carbons (Fsp3) is 0.300. The van der Waals surface area contributed by atoms with Crippen molar-refractivity contribution < 1.29 is 28.9 Å². The summed E-state index contributed by atoms with van der Waals surface area (Å²) in [6.07, 6.45) is 3.62. The van der Waals surface area contributed by atoms with Crippen LogP contribution in [0.25, 0.3) is 0 Å². The number of hydrogen-bond donors (Lipinski definition) is 2. The lowest BCUT2D eigenvalue weighted by Crippen LogP contribution is -2.71. The number of amides is 2. The molecule has 0 spiro atoms. The van der Waals surface area contributed by atoms with Crippen LogP contribution >= 0.6 is 23.1 Å². The van der Waals surface area contributed by atoms with Gasteiger partial charge in [-0.15, -0.1) is 23.1 Å². The molecule has 11 nitrogen and oxygen atoms in total. The number of thiazole rings is 1. The van der Waals surface area contributed by atoms with Crippen LogP contribution < -0.4 is 20.7 Å². The number of pyridine rings is 1. The van der Waals surface area contributed by atoms with Crippen LogP contribution in [0.4, 0.5) is 5.13 Å². The van der Waals surface area contributed by atoms with Gasteiger partial charge in [0.25, 0.3) is 11.8 Å². The highest BCUT2D eigenvalue weighted by molar-refractivity contribution is 8.00. The fourth-order valence-electron chi connectivity index (χ4n) is 3.49. The van der Waals surface area contributed by atoms with Crippen molar-refractivity contribution in [2.24, 2.45) is 5.16 Å². The summed E-state index contributed by atoms with van der Waals surface area (Å²) in [6.45, 7) is 2.24. The summed E-state index contributed by atoms with van der Waals surface area (Å²) in [6, 6.07) is 4.59. The normalized spacial score (nSPS) is 20.2. The zero-order chi connectivity index (χ0) is 23.5. The number of carboxylic acids is 1. The number of oxime groups is 1. The van der Waals surface area contributed by atoms with Gasteiger partial charge in [0.05, 0.1) is 11.7 Å². The Kier molecular flexibility index (Phi) is 6.60. The van der Waals surface area contributed by atoms with Gasteiger partial charge in [0.1, 0.15) is 23.7 Å². The Morgan fingerprint density at radius 3 is 2.79 bits per heavy atom. The maximum absolute atomic E-state index is 12.9. The number of hydrogen-bond acceptors (Lipinski definition) is 10. The van der Waals surface area contributed by atoms with Crippen molar-refractivity contribution in [2.45, 2.75) is 24.9 Å². The molecule has 2 aromatic heterocycles. The first-order valence-corrected chi connectivity index (χ1v) is 11.9. The molecule has 4 heterocycles. The minimum atomic E-state index is -1.43. The highest BCUT2D eigenvalue weighted by atomic mass is 32.2. The number of rotatable bonds is 8. The zero-order valence-electron chi connectivity index (χ0n) is 17.5. The predicted octanol–water partition coefficient (Wildman–Crippen LogP) is -1.14. The monoisotopic (exact) mass is 488 g/mol. The first-order valence-electron chi connectivity index (χ1n) is 9.95. The number of nitrogens with one attached hydrogen (secondary N) is 1. The van der Waals surface area contributed by atoms with E-state index in [0.29, 0.717) is 17.9 Å². The number of nitrogens with two attached hydrogens (primary N) is 1. The Morgan fingerprint density at radius 1 is 1.39 bits per heavy atom. The molecular formula is C20H20N6O5S2. The number of anilines is 1. The van der Waals surface area contributed by atoms with E-state index in [0.717, 1.165) is 11.3 Å². The van der Waals surface area contributed by atoms with Gasteiger partial charge in [0.2, 0.25) is 0 Å². The van der Waals surface area contributed by atoms with Gasteiger partial charge in [-0.3, -0.25) is 14.5 Å². The number of thioether (sulfide) groups is 1. The summed E-state index contributed by atoms with van der Waals surface area (Å²) in [5.41, 5.74) is 6.16. The van der Waals surface area contributed by atoms with E-state index in [1.54, 1.807) is 12.3 Å². The van der Waals surface area contributed by atoms with Crippen LogP contribution in [0, 0.1) is 0 Å². The molecule has 33 heavy (non-hydrogen) atoms. The summed E-state index contributed by atoms with van der Waals surface area (Å²) < 4.78 is 1.82. The van der Waals surface area contributed by atoms with Crippen LogP contribution in [-0.4, -0.2) is 57.2 Å². The third-order valence-corrected chi connectivity index (χ3v) is 6.96. The first-order chi connectivity index (χ1) is 15.9. The Hall–Kier alpha value is -3.45. The molecule has 2 atom stereocenters. The second-order valence-electron chi connectivity index (χ2n) is 7.08. The smallest absolute Gasteiger partial charge is 0.276 e. The molecule has 0 radical (unpaired) electrons. The van der Waals surface area contributed by atoms with E-state index in [-0.39, 0.29) is 28.8 Å². The summed E-state index contributed by atoms with van der Waals surface area (Å²) in [5.74, 6) is -2.27. The Labute approximate surface area is 196 Å². The Balaban J connectivity index is 1.53. The van der Waals surface area contributed by atoms with Crippen molar-refractivity contribution >= 4 is 51.7 Å². The van der Waals surface area contributed by atoms with Crippen molar-refractivity contribution in [3.05, 3.63) is 52.9 Å². The number of aromatic nitrogens is 2. The maximum atomic E-state index is 12.9. The lowest BCUT2D eigenvalue weighted by Gasteiger charge is -2.50. The van der Waals surface area contributed by atoms with Crippen molar-refractivity contribution in [2.75, 3.05) is 18.1 Å². The average Bonchev–Trinajstić information content (AvgIpc) is 3.23. The van der Waals surface area contributed by atoms with Crippen LogP contribution in [0.2, 0.25) is 0 Å². The van der Waals surface area contributed by atoms with E-state index < -0.39 is 29.2 Å². The predicted molar refractivity (Wildman–Crippen MR) is 118 cm³/mol. The molecule has 2 aliphatic rings. The summed E-state index contributed by atoms with van der Waals surface area (Å²) in [7, 11) is 0. The minimum Gasteiger partial charge on any atom is -0.543 e. The highest BCUT2D eigenvalue weighted by Gasteiger charge is 2.53.